The van der Waals surface area contributed by atoms with Crippen LogP contribution in [-0.2, 0) is 4.79 Å². The molecule has 2 atom stereocenters. The van der Waals surface area contributed by atoms with Gasteiger partial charge in [-0.05, 0) is 33.0 Å². The van der Waals surface area contributed by atoms with Crippen LogP contribution in [0.3, 0.4) is 0 Å². The average molecular weight is 296 g/mol. The third-order valence-electron chi connectivity index (χ3n) is 2.37. The van der Waals surface area contributed by atoms with Gasteiger partial charge in [0, 0.05) is 18.1 Å². The smallest absolute Gasteiger partial charge is 0.134 e. The van der Waals surface area contributed by atoms with Crippen molar-refractivity contribution < 1.29 is 4.79 Å². The zero-order valence-corrected chi connectivity index (χ0v) is 10.2. The summed E-state index contributed by atoms with van der Waals surface area (Å²) in [7, 11) is 1.77. The number of hydrogen-bond acceptors (Lipinski definition) is 2. The van der Waals surface area contributed by atoms with E-state index in [1.165, 1.54) is 0 Å². The molecular formula is C9H13IOS. The molecule has 0 N–H and O–H groups in total. The van der Waals surface area contributed by atoms with E-state index in [4.69, 9.17) is 0 Å². The first-order valence-electron chi connectivity index (χ1n) is 4.02. The highest BCUT2D eigenvalue weighted by Crippen LogP contribution is 2.41. The topological polar surface area (TPSA) is 17.1 Å². The summed E-state index contributed by atoms with van der Waals surface area (Å²) in [6.07, 6.45) is 4.46. The fourth-order valence-corrected chi connectivity index (χ4v) is 3.43. The van der Waals surface area contributed by atoms with Gasteiger partial charge in [-0.15, -0.1) is 6.58 Å². The van der Waals surface area contributed by atoms with E-state index in [9.17, 15) is 4.79 Å². The van der Waals surface area contributed by atoms with Crippen LogP contribution in [0.2, 0.25) is 0 Å². The lowest BCUT2D eigenvalue weighted by Gasteiger charge is -2.33. The number of carbonyl (C=O) groups excluding carboxylic acids is 1. The molecule has 0 spiro atoms. The van der Waals surface area contributed by atoms with Crippen LogP contribution in [0.25, 0.3) is 0 Å². The molecule has 1 fully saturated rings. The molecule has 1 rings (SSSR count). The third kappa shape index (κ3) is 2.49. The van der Waals surface area contributed by atoms with E-state index in [1.807, 2.05) is 6.08 Å². The van der Waals surface area contributed by atoms with Crippen LogP contribution in [0, 0.1) is 5.41 Å². The molecule has 1 aliphatic rings. The first-order valence-corrected chi connectivity index (χ1v) is 7.44. The second kappa shape index (κ2) is 4.13. The fourth-order valence-electron chi connectivity index (χ4n) is 1.66. The van der Waals surface area contributed by atoms with Crippen molar-refractivity contribution in [2.45, 2.75) is 31.4 Å². The molecule has 0 unspecified atom stereocenters. The first kappa shape index (κ1) is 10.6. The van der Waals surface area contributed by atoms with Gasteiger partial charge >= 0.3 is 0 Å². The molecule has 12 heavy (non-hydrogen) atoms. The molecule has 0 aromatic heterocycles. The van der Waals surface area contributed by atoms with Crippen LogP contribution < -0.4 is 0 Å². The van der Waals surface area contributed by atoms with E-state index in [0.29, 0.717) is 17.5 Å². The largest absolute Gasteiger partial charge is 0.300 e. The van der Waals surface area contributed by atoms with E-state index in [0.717, 1.165) is 12.8 Å². The minimum atomic E-state index is 0.0537. The van der Waals surface area contributed by atoms with Crippen molar-refractivity contribution in [1.29, 1.82) is 0 Å². The Hall–Kier alpha value is 0.490. The Labute approximate surface area is 90.0 Å². The van der Waals surface area contributed by atoms with Crippen LogP contribution >= 0.6 is 30.1 Å². The van der Waals surface area contributed by atoms with E-state index in [2.05, 4.69) is 34.7 Å². The first-order chi connectivity index (χ1) is 5.59. The molecule has 0 heterocycles. The van der Waals surface area contributed by atoms with Crippen LogP contribution in [-0.4, -0.2) is 11.0 Å². The normalized spacial score (nSPS) is 36.5. The van der Waals surface area contributed by atoms with Crippen LogP contribution in [0.15, 0.2) is 12.7 Å². The molecule has 0 aromatic rings. The Morgan fingerprint density at radius 1 is 1.83 bits per heavy atom. The van der Waals surface area contributed by atoms with Crippen molar-refractivity contribution in [2.24, 2.45) is 5.41 Å². The van der Waals surface area contributed by atoms with E-state index < -0.39 is 0 Å². The highest BCUT2D eigenvalue weighted by atomic mass is 127. The zero-order valence-electron chi connectivity index (χ0n) is 7.18. The Morgan fingerprint density at radius 2 is 2.50 bits per heavy atom. The molecule has 0 radical (unpaired) electrons. The number of ketones is 1. The molecule has 68 valence electrons. The second-order valence-corrected chi connectivity index (χ2v) is 6.06. The van der Waals surface area contributed by atoms with Crippen molar-refractivity contribution in [3.05, 3.63) is 12.7 Å². The standard InChI is InChI=1S/C9H13IOS/c1-3-9(2)5-7(11)4-8(6-9)12-10/h3,8H,1,4-6H2,2H3/t8-,9-/m1/s1. The number of rotatable bonds is 2. The summed E-state index contributed by atoms with van der Waals surface area (Å²) in [4.78, 5) is 11.3. The summed E-state index contributed by atoms with van der Waals surface area (Å²) in [5.74, 6) is 0.387. The molecule has 0 aliphatic heterocycles. The van der Waals surface area contributed by atoms with Gasteiger partial charge in [-0.2, -0.15) is 0 Å². The van der Waals surface area contributed by atoms with Gasteiger partial charge < -0.3 is 0 Å². The van der Waals surface area contributed by atoms with Gasteiger partial charge in [-0.1, -0.05) is 21.9 Å². The van der Waals surface area contributed by atoms with Gasteiger partial charge in [0.25, 0.3) is 0 Å². The zero-order chi connectivity index (χ0) is 9.19. The number of Topliss-reactive ketones (excluding diaryl/α,β-unsaturated/α-hetero) is 1. The molecular weight excluding hydrogens is 283 g/mol. The van der Waals surface area contributed by atoms with Crippen LogP contribution in [0.4, 0.5) is 0 Å². The van der Waals surface area contributed by atoms with Gasteiger partial charge in [-0.25, -0.2) is 0 Å². The fraction of sp³-hybridized carbons (Fsp3) is 0.667. The van der Waals surface area contributed by atoms with Gasteiger partial charge in [0.1, 0.15) is 5.78 Å². The van der Waals surface area contributed by atoms with Crippen molar-refractivity contribution >= 4 is 35.9 Å². The van der Waals surface area contributed by atoms with Crippen molar-refractivity contribution in [2.75, 3.05) is 0 Å². The Balaban J connectivity index is 2.68. The molecule has 1 saturated carbocycles. The monoisotopic (exact) mass is 296 g/mol. The number of carbonyl (C=O) groups is 1. The lowest BCUT2D eigenvalue weighted by atomic mass is 9.75. The number of hydrogen-bond donors (Lipinski definition) is 0. The predicted molar refractivity (Wildman–Crippen MR) is 62.6 cm³/mol. The molecule has 0 amide bonds. The van der Waals surface area contributed by atoms with E-state index >= 15 is 0 Å². The molecule has 1 aliphatic carbocycles. The van der Waals surface area contributed by atoms with Crippen LogP contribution in [0.1, 0.15) is 26.2 Å². The van der Waals surface area contributed by atoms with Gasteiger partial charge in [0.05, 0.1) is 0 Å². The highest BCUT2D eigenvalue weighted by molar-refractivity contribution is 14.2. The Bertz CT molecular complexity index is 205. The highest BCUT2D eigenvalue weighted by Gasteiger charge is 2.33. The molecule has 0 aromatic carbocycles. The van der Waals surface area contributed by atoms with E-state index in [-0.39, 0.29) is 5.41 Å². The molecule has 1 nitrogen and oxygen atoms in total. The average Bonchev–Trinajstić information content (AvgIpc) is 2.03. The quantitative estimate of drug-likeness (QED) is 0.574. The Morgan fingerprint density at radius 3 is 3.00 bits per heavy atom. The minimum absolute atomic E-state index is 0.0537. The van der Waals surface area contributed by atoms with Gasteiger partial charge in [-0.3, -0.25) is 4.79 Å². The summed E-state index contributed by atoms with van der Waals surface area (Å²) in [6, 6.07) is 0. The summed E-state index contributed by atoms with van der Waals surface area (Å²) in [6.45, 7) is 5.92. The van der Waals surface area contributed by atoms with Crippen molar-refractivity contribution in [3.8, 4) is 0 Å². The Kier molecular flexibility index (Phi) is 3.64. The molecule has 0 saturated heterocycles. The molecule has 3 heteroatoms. The predicted octanol–water partition coefficient (Wildman–Crippen LogP) is 3.38. The number of allylic oxidation sites excluding steroid dienone is 1. The van der Waals surface area contributed by atoms with Crippen molar-refractivity contribution in [1.82, 2.24) is 0 Å². The molecule has 0 bridgehead atoms. The van der Waals surface area contributed by atoms with Crippen molar-refractivity contribution in [3.63, 3.8) is 0 Å². The second-order valence-electron chi connectivity index (χ2n) is 3.69. The SMILES string of the molecule is C=C[C@]1(C)CC(=O)C[C@@H](SI)C1. The number of halogens is 1. The minimum Gasteiger partial charge on any atom is -0.300 e. The summed E-state index contributed by atoms with van der Waals surface area (Å²) in [5, 5.41) is 0.495. The van der Waals surface area contributed by atoms with Gasteiger partial charge in [0.2, 0.25) is 0 Å². The van der Waals surface area contributed by atoms with E-state index in [1.54, 1.807) is 8.93 Å². The maximum absolute atomic E-state index is 11.3. The summed E-state index contributed by atoms with van der Waals surface area (Å²) >= 11 is 2.28. The third-order valence-corrected chi connectivity index (χ3v) is 5.11. The lowest BCUT2D eigenvalue weighted by Crippen LogP contribution is -2.30. The summed E-state index contributed by atoms with van der Waals surface area (Å²) < 4.78 is 0. The maximum Gasteiger partial charge on any atom is 0.134 e. The maximum atomic E-state index is 11.3. The van der Waals surface area contributed by atoms with Crippen LogP contribution in [0.5, 0.6) is 0 Å². The summed E-state index contributed by atoms with van der Waals surface area (Å²) in [5.41, 5.74) is 0.0537. The lowest BCUT2D eigenvalue weighted by molar-refractivity contribution is -0.122. The van der Waals surface area contributed by atoms with Gasteiger partial charge in [0.15, 0.2) is 0 Å².